The number of fused-ring (bicyclic) bond motifs is 1. The van der Waals surface area contributed by atoms with Crippen LogP contribution in [0, 0.1) is 0 Å². The molecule has 8 nitrogen and oxygen atoms in total. The Morgan fingerprint density at radius 1 is 0.727 bits per heavy atom. The van der Waals surface area contributed by atoms with Crippen molar-refractivity contribution in [3.63, 3.8) is 0 Å². The highest BCUT2D eigenvalue weighted by atomic mass is 16.7. The number of methoxy groups -OCH3 is 3. The Kier molecular flexibility index (Phi) is 11.9. The molecule has 0 spiro atoms. The third kappa shape index (κ3) is 8.28. The number of hydrogen-bond donors (Lipinski definition) is 1. The molecule has 1 N–H and O–H groups in total. The van der Waals surface area contributed by atoms with E-state index in [2.05, 4.69) is 41.7 Å². The first-order valence-electron chi connectivity index (χ1n) is 15.1. The van der Waals surface area contributed by atoms with Crippen molar-refractivity contribution < 1.29 is 33.2 Å². The van der Waals surface area contributed by atoms with Crippen LogP contribution < -0.4 is 19.5 Å². The van der Waals surface area contributed by atoms with E-state index in [1.165, 1.54) is 0 Å². The van der Waals surface area contributed by atoms with Gasteiger partial charge in [-0.05, 0) is 46.8 Å². The van der Waals surface area contributed by atoms with E-state index in [1.807, 2.05) is 48.5 Å². The molecule has 4 aromatic rings. The summed E-state index contributed by atoms with van der Waals surface area (Å²) < 4.78 is 40.9. The molecule has 3 atom stereocenters. The number of nitrogens with one attached hydrogen (secondary N) is 1. The first-order chi connectivity index (χ1) is 21.7. The molecular formula is C36H43NO7. The molecular weight excluding hydrogens is 558 g/mol. The maximum Gasteiger partial charge on any atom is 0.146 e. The predicted molar refractivity (Wildman–Crippen MR) is 171 cm³/mol. The van der Waals surface area contributed by atoms with Gasteiger partial charge in [-0.3, -0.25) is 0 Å². The maximum absolute atomic E-state index is 6.58. The van der Waals surface area contributed by atoms with Gasteiger partial charge in [0.25, 0.3) is 0 Å². The van der Waals surface area contributed by atoms with Crippen LogP contribution >= 0.6 is 0 Å². The minimum Gasteiger partial charge on any atom is -0.496 e. The van der Waals surface area contributed by atoms with E-state index >= 15 is 0 Å². The van der Waals surface area contributed by atoms with Gasteiger partial charge in [0.05, 0.1) is 52.9 Å². The zero-order valence-corrected chi connectivity index (χ0v) is 25.8. The van der Waals surface area contributed by atoms with Crippen LogP contribution in [0.1, 0.15) is 29.0 Å². The summed E-state index contributed by atoms with van der Waals surface area (Å²) in [6, 6.07) is 28.6. The van der Waals surface area contributed by atoms with E-state index < -0.39 is 0 Å². The SMILES string of the molecule is COCO[C@@H]1CNC[C@H](OCc2cc(OC)c3ccccc3c2)C1c1ccc(OCCCOCc2ccccc2OC)cc1. The second-order valence-corrected chi connectivity index (χ2v) is 10.8. The van der Waals surface area contributed by atoms with Crippen molar-refractivity contribution in [1.29, 1.82) is 0 Å². The summed E-state index contributed by atoms with van der Waals surface area (Å²) in [4.78, 5) is 0. The van der Waals surface area contributed by atoms with Gasteiger partial charge < -0.3 is 38.5 Å². The third-order valence-electron chi connectivity index (χ3n) is 7.88. The lowest BCUT2D eigenvalue weighted by Crippen LogP contribution is -2.50. The molecule has 1 fully saturated rings. The van der Waals surface area contributed by atoms with Gasteiger partial charge >= 0.3 is 0 Å². The van der Waals surface area contributed by atoms with Crippen LogP contribution in [0.15, 0.2) is 84.9 Å². The fourth-order valence-corrected chi connectivity index (χ4v) is 5.70. The van der Waals surface area contributed by atoms with E-state index in [9.17, 15) is 0 Å². The zero-order valence-electron chi connectivity index (χ0n) is 25.8. The van der Waals surface area contributed by atoms with Gasteiger partial charge in [0.2, 0.25) is 0 Å². The highest BCUT2D eigenvalue weighted by Gasteiger charge is 2.36. The Morgan fingerprint density at radius 3 is 2.27 bits per heavy atom. The molecule has 8 heteroatoms. The molecule has 44 heavy (non-hydrogen) atoms. The van der Waals surface area contributed by atoms with Gasteiger partial charge in [-0.15, -0.1) is 0 Å². The highest BCUT2D eigenvalue weighted by molar-refractivity contribution is 5.89. The van der Waals surface area contributed by atoms with Gasteiger partial charge in [-0.1, -0.05) is 54.6 Å². The van der Waals surface area contributed by atoms with E-state index in [-0.39, 0.29) is 24.9 Å². The average molecular weight is 602 g/mol. The first-order valence-corrected chi connectivity index (χ1v) is 15.1. The van der Waals surface area contributed by atoms with Gasteiger partial charge in [-0.2, -0.15) is 0 Å². The summed E-state index contributed by atoms with van der Waals surface area (Å²) in [5, 5.41) is 5.70. The van der Waals surface area contributed by atoms with Crippen molar-refractivity contribution in [2.75, 3.05) is 54.4 Å². The fourth-order valence-electron chi connectivity index (χ4n) is 5.70. The number of benzene rings is 4. The molecule has 0 aromatic heterocycles. The van der Waals surface area contributed by atoms with Gasteiger partial charge in [0.15, 0.2) is 0 Å². The average Bonchev–Trinajstić information content (AvgIpc) is 3.08. The number of para-hydroxylation sites is 1. The van der Waals surface area contributed by atoms with Crippen LogP contribution in [-0.2, 0) is 32.2 Å². The summed E-state index contributed by atoms with van der Waals surface area (Å²) in [7, 11) is 5.02. The van der Waals surface area contributed by atoms with Crippen LogP contribution in [-0.4, -0.2) is 66.6 Å². The van der Waals surface area contributed by atoms with Crippen molar-refractivity contribution in [2.24, 2.45) is 0 Å². The molecule has 234 valence electrons. The van der Waals surface area contributed by atoms with Crippen molar-refractivity contribution >= 4 is 10.8 Å². The Balaban J connectivity index is 1.18. The fraction of sp³-hybridized carbons (Fsp3) is 0.389. The van der Waals surface area contributed by atoms with Crippen LogP contribution in [0.2, 0.25) is 0 Å². The predicted octanol–water partition coefficient (Wildman–Crippen LogP) is 6.10. The minimum absolute atomic E-state index is 0.0196. The quantitative estimate of drug-likeness (QED) is 0.122. The van der Waals surface area contributed by atoms with Gasteiger partial charge in [0.1, 0.15) is 24.0 Å². The Hall–Kier alpha value is -3.66. The van der Waals surface area contributed by atoms with Crippen LogP contribution in [0.4, 0.5) is 0 Å². The molecule has 0 saturated carbocycles. The molecule has 0 bridgehead atoms. The number of piperidine rings is 1. The molecule has 5 rings (SSSR count). The Morgan fingerprint density at radius 2 is 1.48 bits per heavy atom. The largest absolute Gasteiger partial charge is 0.496 e. The van der Waals surface area contributed by atoms with Crippen molar-refractivity contribution in [2.45, 2.75) is 37.8 Å². The van der Waals surface area contributed by atoms with Crippen LogP contribution in [0.5, 0.6) is 17.2 Å². The van der Waals surface area contributed by atoms with Gasteiger partial charge in [-0.25, -0.2) is 0 Å². The highest BCUT2D eigenvalue weighted by Crippen LogP contribution is 2.33. The number of rotatable bonds is 16. The molecule has 1 unspecified atom stereocenters. The van der Waals surface area contributed by atoms with E-state index in [4.69, 9.17) is 33.2 Å². The maximum atomic E-state index is 6.58. The Bertz CT molecular complexity index is 1440. The Labute approximate surface area is 260 Å². The van der Waals surface area contributed by atoms with E-state index in [0.717, 1.165) is 57.7 Å². The summed E-state index contributed by atoms with van der Waals surface area (Å²) in [5.41, 5.74) is 3.24. The zero-order chi connectivity index (χ0) is 30.6. The number of hydrogen-bond acceptors (Lipinski definition) is 8. The summed E-state index contributed by atoms with van der Waals surface area (Å²) in [6.07, 6.45) is 0.579. The van der Waals surface area contributed by atoms with Crippen LogP contribution in [0.25, 0.3) is 10.8 Å². The van der Waals surface area contributed by atoms with Crippen molar-refractivity contribution in [3.8, 4) is 17.2 Å². The smallest absolute Gasteiger partial charge is 0.146 e. The molecule has 1 aliphatic rings. The molecule has 0 radical (unpaired) electrons. The lowest BCUT2D eigenvalue weighted by atomic mass is 9.85. The lowest BCUT2D eigenvalue weighted by Gasteiger charge is -2.38. The van der Waals surface area contributed by atoms with Crippen molar-refractivity contribution in [1.82, 2.24) is 5.32 Å². The van der Waals surface area contributed by atoms with E-state index in [0.29, 0.717) is 33.0 Å². The molecule has 1 saturated heterocycles. The second-order valence-electron chi connectivity index (χ2n) is 10.8. The van der Waals surface area contributed by atoms with Crippen molar-refractivity contribution in [3.05, 3.63) is 102 Å². The molecule has 0 amide bonds. The third-order valence-corrected chi connectivity index (χ3v) is 7.88. The summed E-state index contributed by atoms with van der Waals surface area (Å²) >= 11 is 0. The first kappa shape index (κ1) is 31.8. The summed E-state index contributed by atoms with van der Waals surface area (Å²) in [6.45, 7) is 3.79. The molecule has 1 heterocycles. The second kappa shape index (κ2) is 16.4. The lowest BCUT2D eigenvalue weighted by molar-refractivity contribution is -0.113. The van der Waals surface area contributed by atoms with Gasteiger partial charge in [0, 0.05) is 43.5 Å². The topological polar surface area (TPSA) is 76.6 Å². The molecule has 1 aliphatic heterocycles. The standard InChI is InChI=1S/C36H43NO7/c1-38-25-44-35-22-37-21-34(43-23-26-19-28-9-4-6-11-31(28)33(20-26)40-3)36(35)27-13-15-30(16-14-27)42-18-8-17-41-24-29-10-5-7-12-32(29)39-2/h4-7,9-16,19-20,34-37H,8,17-18,21-25H2,1-3H3/t34-,35+,36?/m0/s1. The minimum atomic E-state index is -0.105. The normalized spacial score (nSPS) is 18.3. The monoisotopic (exact) mass is 601 g/mol. The van der Waals surface area contributed by atoms with Crippen LogP contribution in [0.3, 0.4) is 0 Å². The molecule has 0 aliphatic carbocycles. The number of ether oxygens (including phenoxy) is 7. The van der Waals surface area contributed by atoms with E-state index in [1.54, 1.807) is 21.3 Å². The molecule has 4 aromatic carbocycles. The summed E-state index contributed by atoms with van der Waals surface area (Å²) in [5.74, 6) is 2.53.